The van der Waals surface area contributed by atoms with Crippen LogP contribution in [-0.4, -0.2) is 52.0 Å². The molecule has 0 spiro atoms. The van der Waals surface area contributed by atoms with Gasteiger partial charge in [0.1, 0.15) is 0 Å². The molecule has 12 heteroatoms. The summed E-state index contributed by atoms with van der Waals surface area (Å²) in [6.07, 6.45) is -1.27. The van der Waals surface area contributed by atoms with Crippen molar-refractivity contribution < 1.29 is 28.8 Å². The molecule has 1 N–H and O–H groups in total. The zero-order chi connectivity index (χ0) is 24.8. The van der Waals surface area contributed by atoms with Crippen LogP contribution in [0.25, 0.3) is 0 Å². The fraction of sp³-hybridized carbons (Fsp3) is 0.273. The molecule has 34 heavy (non-hydrogen) atoms. The quantitative estimate of drug-likeness (QED) is 0.181. The van der Waals surface area contributed by atoms with E-state index in [1.165, 1.54) is 36.4 Å². The van der Waals surface area contributed by atoms with E-state index >= 15 is 0 Å². The number of alkyl halides is 1. The highest BCUT2D eigenvalue weighted by Crippen LogP contribution is 2.21. The molecule has 0 radical (unpaired) electrons. The molecule has 0 saturated carbocycles. The zero-order valence-electron chi connectivity index (χ0n) is 17.6. The fourth-order valence-electron chi connectivity index (χ4n) is 3.27. The maximum absolute atomic E-state index is 12.7. The molecule has 1 aliphatic heterocycles. The lowest BCUT2D eigenvalue weighted by Crippen LogP contribution is -2.43. The van der Waals surface area contributed by atoms with Crippen LogP contribution < -0.4 is 5.43 Å². The molecule has 1 saturated heterocycles. The van der Waals surface area contributed by atoms with Crippen LogP contribution in [0.5, 0.6) is 0 Å². The molecule has 2 amide bonds. The standard InChI is InChI=1S/C22H19Cl2N3O7/c23-10-9-18(20(29)13-1-5-16(24)6-2-13)34-22(31)15-11-19(28)26(12-15)25-21(30)14-3-7-17(8-4-14)27(32)33/h1-8,15,18H,9-12H2,(H,25,30). The first-order chi connectivity index (χ1) is 16.2. The number of nitrogens with one attached hydrogen (secondary N) is 1. The van der Waals surface area contributed by atoms with Gasteiger partial charge < -0.3 is 4.74 Å². The van der Waals surface area contributed by atoms with E-state index in [-0.39, 0.29) is 36.5 Å². The molecule has 1 aliphatic rings. The lowest BCUT2D eigenvalue weighted by molar-refractivity contribution is -0.384. The number of carbonyl (C=O) groups is 4. The SMILES string of the molecule is O=C(NN1CC(C(=O)OC(CCCl)C(=O)c2ccc(Cl)cc2)CC1=O)c1ccc([N+](=O)[O-])cc1. The number of esters is 1. The summed E-state index contributed by atoms with van der Waals surface area (Å²) in [5, 5.41) is 12.2. The molecule has 178 valence electrons. The summed E-state index contributed by atoms with van der Waals surface area (Å²) in [5.41, 5.74) is 2.59. The van der Waals surface area contributed by atoms with E-state index in [9.17, 15) is 29.3 Å². The number of nitro benzene ring substituents is 1. The molecule has 1 heterocycles. The number of ether oxygens (including phenoxy) is 1. The molecule has 3 rings (SSSR count). The van der Waals surface area contributed by atoms with Crippen LogP contribution in [0.2, 0.25) is 5.02 Å². The Morgan fingerprint density at radius 3 is 2.32 bits per heavy atom. The van der Waals surface area contributed by atoms with Crippen molar-refractivity contribution >= 4 is 52.5 Å². The first-order valence-electron chi connectivity index (χ1n) is 10.1. The van der Waals surface area contributed by atoms with Crippen molar-refractivity contribution in [1.82, 2.24) is 10.4 Å². The predicted molar refractivity (Wildman–Crippen MR) is 121 cm³/mol. The number of nitro groups is 1. The van der Waals surface area contributed by atoms with Crippen molar-refractivity contribution in [3.63, 3.8) is 0 Å². The van der Waals surface area contributed by atoms with E-state index in [4.69, 9.17) is 27.9 Å². The van der Waals surface area contributed by atoms with Crippen molar-refractivity contribution in [3.8, 4) is 0 Å². The summed E-state index contributed by atoms with van der Waals surface area (Å²) in [7, 11) is 0. The first kappa shape index (κ1) is 25.1. The Bertz CT molecular complexity index is 1110. The molecular weight excluding hydrogens is 489 g/mol. The minimum absolute atomic E-state index is 0.0678. The molecule has 10 nitrogen and oxygen atoms in total. The highest BCUT2D eigenvalue weighted by atomic mass is 35.5. The Morgan fingerprint density at radius 1 is 1.12 bits per heavy atom. The van der Waals surface area contributed by atoms with Crippen LogP contribution in [0.3, 0.4) is 0 Å². The number of amides is 2. The van der Waals surface area contributed by atoms with E-state index in [0.29, 0.717) is 10.6 Å². The van der Waals surface area contributed by atoms with Crippen LogP contribution in [-0.2, 0) is 14.3 Å². The number of non-ortho nitro benzene ring substituents is 1. The lowest BCUT2D eigenvalue weighted by Gasteiger charge is -2.19. The zero-order valence-corrected chi connectivity index (χ0v) is 19.1. The molecule has 2 aromatic rings. The molecular formula is C22H19Cl2N3O7. The molecule has 0 bridgehead atoms. The number of hydrazine groups is 1. The highest BCUT2D eigenvalue weighted by Gasteiger charge is 2.38. The van der Waals surface area contributed by atoms with Crippen molar-refractivity contribution in [2.45, 2.75) is 18.9 Å². The fourth-order valence-corrected chi connectivity index (χ4v) is 3.60. The van der Waals surface area contributed by atoms with Gasteiger partial charge >= 0.3 is 5.97 Å². The van der Waals surface area contributed by atoms with Gasteiger partial charge in [-0.2, -0.15) is 0 Å². The van der Waals surface area contributed by atoms with Gasteiger partial charge in [-0.3, -0.25) is 39.7 Å². The second-order valence-corrected chi connectivity index (χ2v) is 8.24. The summed E-state index contributed by atoms with van der Waals surface area (Å²) in [4.78, 5) is 60.2. The van der Waals surface area contributed by atoms with Gasteiger partial charge in [0.2, 0.25) is 11.7 Å². The van der Waals surface area contributed by atoms with E-state index < -0.39 is 40.5 Å². The maximum Gasteiger partial charge on any atom is 0.312 e. The minimum Gasteiger partial charge on any atom is -0.454 e. The highest BCUT2D eigenvalue weighted by molar-refractivity contribution is 6.30. The summed E-state index contributed by atoms with van der Waals surface area (Å²) in [6, 6.07) is 10.9. The third-order valence-electron chi connectivity index (χ3n) is 5.09. The number of halogens is 2. The number of benzene rings is 2. The Labute approximate surface area is 203 Å². The number of carbonyl (C=O) groups excluding carboxylic acids is 4. The number of Topliss-reactive ketones (excluding diaryl/α,β-unsaturated/α-hetero) is 1. The lowest BCUT2D eigenvalue weighted by atomic mass is 10.0. The maximum atomic E-state index is 12.7. The molecule has 0 aromatic heterocycles. The second kappa shape index (κ2) is 11.1. The molecule has 0 aliphatic carbocycles. The Morgan fingerprint density at radius 2 is 1.74 bits per heavy atom. The topological polar surface area (TPSA) is 136 Å². The Balaban J connectivity index is 1.61. The van der Waals surface area contributed by atoms with Crippen LogP contribution in [0.1, 0.15) is 33.6 Å². The van der Waals surface area contributed by atoms with Crippen molar-refractivity contribution in [2.24, 2.45) is 5.92 Å². The summed E-state index contributed by atoms with van der Waals surface area (Å²) in [6.45, 7) is -0.154. The minimum atomic E-state index is -1.13. The number of hydrogen-bond donors (Lipinski definition) is 1. The largest absolute Gasteiger partial charge is 0.454 e. The number of nitrogens with zero attached hydrogens (tertiary/aromatic N) is 2. The van der Waals surface area contributed by atoms with Crippen LogP contribution in [0.4, 0.5) is 5.69 Å². The third kappa shape index (κ3) is 6.09. The van der Waals surface area contributed by atoms with Gasteiger partial charge in [0.15, 0.2) is 6.10 Å². The van der Waals surface area contributed by atoms with Gasteiger partial charge in [-0.05, 0) is 36.4 Å². The summed E-state index contributed by atoms with van der Waals surface area (Å²) in [5.74, 6) is -3.24. The van der Waals surface area contributed by atoms with Gasteiger partial charge in [0.25, 0.3) is 11.6 Å². The second-order valence-electron chi connectivity index (χ2n) is 7.42. The number of ketones is 1. The number of hydrogen-bond acceptors (Lipinski definition) is 7. The van der Waals surface area contributed by atoms with Crippen LogP contribution in [0.15, 0.2) is 48.5 Å². The predicted octanol–water partition coefficient (Wildman–Crippen LogP) is 3.17. The van der Waals surface area contributed by atoms with Crippen molar-refractivity contribution in [2.75, 3.05) is 12.4 Å². The van der Waals surface area contributed by atoms with Crippen molar-refractivity contribution in [3.05, 3.63) is 74.8 Å². The Kier molecular flexibility index (Phi) is 8.19. The van der Waals surface area contributed by atoms with E-state index in [1.54, 1.807) is 0 Å². The van der Waals surface area contributed by atoms with Gasteiger partial charge in [0.05, 0.1) is 17.4 Å². The Hall–Kier alpha value is -3.50. The average molecular weight is 508 g/mol. The summed E-state index contributed by atoms with van der Waals surface area (Å²) >= 11 is 11.6. The van der Waals surface area contributed by atoms with E-state index in [0.717, 1.165) is 17.1 Å². The molecule has 2 aromatic carbocycles. The van der Waals surface area contributed by atoms with Gasteiger partial charge in [-0.25, -0.2) is 0 Å². The number of rotatable bonds is 9. The molecule has 1 fully saturated rings. The van der Waals surface area contributed by atoms with Gasteiger partial charge in [0, 0.05) is 47.0 Å². The van der Waals surface area contributed by atoms with Crippen LogP contribution in [0, 0.1) is 16.0 Å². The van der Waals surface area contributed by atoms with E-state index in [1.807, 2.05) is 0 Å². The third-order valence-corrected chi connectivity index (χ3v) is 5.56. The average Bonchev–Trinajstić information content (AvgIpc) is 3.19. The normalized spacial score (nSPS) is 16.1. The molecule has 2 unspecified atom stereocenters. The van der Waals surface area contributed by atoms with Crippen LogP contribution >= 0.6 is 23.2 Å². The molecule has 2 atom stereocenters. The van der Waals surface area contributed by atoms with Gasteiger partial charge in [-0.1, -0.05) is 11.6 Å². The van der Waals surface area contributed by atoms with Gasteiger partial charge in [-0.15, -0.1) is 11.6 Å². The monoisotopic (exact) mass is 507 g/mol. The smallest absolute Gasteiger partial charge is 0.312 e. The van der Waals surface area contributed by atoms with E-state index in [2.05, 4.69) is 5.43 Å². The first-order valence-corrected chi connectivity index (χ1v) is 11.0. The summed E-state index contributed by atoms with van der Waals surface area (Å²) < 4.78 is 5.38. The van der Waals surface area contributed by atoms with Crippen molar-refractivity contribution in [1.29, 1.82) is 0 Å².